The van der Waals surface area contributed by atoms with Crippen LogP contribution in [0, 0.1) is 0 Å². The highest BCUT2D eigenvalue weighted by Crippen LogP contribution is 2.14. The SMILES string of the molecule is CCCCCCCCCCCCCCCCCCCC(=O)NNC(=O)CCc1ccc(O)cc1. The average molecular weight is 475 g/mol. The Kier molecular flexibility index (Phi) is 19.0. The van der Waals surface area contributed by atoms with Gasteiger partial charge in [0.2, 0.25) is 11.8 Å². The summed E-state index contributed by atoms with van der Waals surface area (Å²) in [5, 5.41) is 9.27. The van der Waals surface area contributed by atoms with E-state index in [2.05, 4.69) is 17.8 Å². The molecule has 0 spiro atoms. The maximum absolute atomic E-state index is 11.9. The second-order valence-corrected chi connectivity index (χ2v) is 9.67. The molecule has 34 heavy (non-hydrogen) atoms. The predicted molar refractivity (Wildman–Crippen MR) is 141 cm³/mol. The quantitative estimate of drug-likeness (QED) is 0.127. The molecule has 5 heteroatoms. The third-order valence-corrected chi connectivity index (χ3v) is 6.43. The number of nitrogens with one attached hydrogen (secondary N) is 2. The molecule has 0 unspecified atom stereocenters. The summed E-state index contributed by atoms with van der Waals surface area (Å²) in [6, 6.07) is 6.79. The van der Waals surface area contributed by atoms with E-state index in [-0.39, 0.29) is 17.6 Å². The molecule has 0 aliphatic carbocycles. The van der Waals surface area contributed by atoms with Crippen LogP contribution in [0.2, 0.25) is 0 Å². The summed E-state index contributed by atoms with van der Waals surface area (Å²) in [5.74, 6) is -0.118. The molecule has 0 aromatic heterocycles. The van der Waals surface area contributed by atoms with Crippen molar-refractivity contribution in [3.8, 4) is 5.75 Å². The summed E-state index contributed by atoms with van der Waals surface area (Å²) < 4.78 is 0. The molecular weight excluding hydrogens is 424 g/mol. The van der Waals surface area contributed by atoms with Crippen molar-refractivity contribution in [1.29, 1.82) is 0 Å². The van der Waals surface area contributed by atoms with Gasteiger partial charge in [0.1, 0.15) is 5.75 Å². The van der Waals surface area contributed by atoms with Gasteiger partial charge in [-0.15, -0.1) is 0 Å². The molecule has 0 saturated heterocycles. The zero-order valence-electron chi connectivity index (χ0n) is 21.7. The number of hydrogen-bond donors (Lipinski definition) is 3. The van der Waals surface area contributed by atoms with Crippen LogP contribution in [0.5, 0.6) is 5.75 Å². The first kappa shape index (κ1) is 30.0. The lowest BCUT2D eigenvalue weighted by molar-refractivity contribution is -0.128. The number of rotatable bonds is 21. The minimum absolute atomic E-state index is 0.126. The number of aromatic hydroxyl groups is 1. The maximum Gasteiger partial charge on any atom is 0.238 e. The fourth-order valence-electron chi connectivity index (χ4n) is 4.20. The van der Waals surface area contributed by atoms with Crippen LogP contribution in [0.25, 0.3) is 0 Å². The first-order chi connectivity index (χ1) is 16.6. The zero-order chi connectivity index (χ0) is 24.7. The van der Waals surface area contributed by atoms with E-state index in [9.17, 15) is 14.7 Å². The highest BCUT2D eigenvalue weighted by Gasteiger charge is 2.05. The van der Waals surface area contributed by atoms with E-state index < -0.39 is 0 Å². The molecule has 0 bridgehead atoms. The highest BCUT2D eigenvalue weighted by molar-refractivity contribution is 5.81. The summed E-state index contributed by atoms with van der Waals surface area (Å²) >= 11 is 0. The van der Waals surface area contributed by atoms with Crippen LogP contribution in [0.4, 0.5) is 0 Å². The van der Waals surface area contributed by atoms with Crippen LogP contribution in [0.15, 0.2) is 24.3 Å². The third-order valence-electron chi connectivity index (χ3n) is 6.43. The molecule has 0 aliphatic heterocycles. The highest BCUT2D eigenvalue weighted by atomic mass is 16.3. The molecule has 1 aromatic carbocycles. The lowest BCUT2D eigenvalue weighted by Gasteiger charge is -2.07. The van der Waals surface area contributed by atoms with E-state index in [4.69, 9.17) is 0 Å². The van der Waals surface area contributed by atoms with Crippen molar-refractivity contribution in [2.75, 3.05) is 0 Å². The Morgan fingerprint density at radius 2 is 0.971 bits per heavy atom. The number of phenolic OH excluding ortho intramolecular Hbond substituents is 1. The van der Waals surface area contributed by atoms with Crippen LogP contribution < -0.4 is 10.9 Å². The monoisotopic (exact) mass is 474 g/mol. The molecule has 0 saturated carbocycles. The maximum atomic E-state index is 11.9. The Labute approximate surface area is 208 Å². The second kappa shape index (κ2) is 21.5. The molecule has 0 heterocycles. The first-order valence-corrected chi connectivity index (χ1v) is 14.0. The van der Waals surface area contributed by atoms with Gasteiger partial charge >= 0.3 is 0 Å². The Bertz CT molecular complexity index is 631. The summed E-state index contributed by atoms with van der Waals surface area (Å²) in [6.07, 6.45) is 23.8. The molecule has 1 rings (SSSR count). The molecule has 0 fully saturated rings. The number of benzene rings is 1. The van der Waals surface area contributed by atoms with E-state index >= 15 is 0 Å². The van der Waals surface area contributed by atoms with Crippen LogP contribution in [-0.4, -0.2) is 16.9 Å². The van der Waals surface area contributed by atoms with E-state index in [0.717, 1.165) is 18.4 Å². The number of hydrogen-bond acceptors (Lipinski definition) is 3. The molecule has 0 atom stereocenters. The molecule has 2 amide bonds. The molecule has 0 aliphatic rings. The number of carbonyl (C=O) groups is 2. The molecule has 194 valence electrons. The van der Waals surface area contributed by atoms with Crippen LogP contribution >= 0.6 is 0 Å². The van der Waals surface area contributed by atoms with Crippen molar-refractivity contribution < 1.29 is 14.7 Å². The normalized spacial score (nSPS) is 10.9. The fraction of sp³-hybridized carbons (Fsp3) is 0.724. The second-order valence-electron chi connectivity index (χ2n) is 9.67. The predicted octanol–water partition coefficient (Wildman–Crippen LogP) is 7.51. The van der Waals surface area contributed by atoms with Crippen LogP contribution in [0.3, 0.4) is 0 Å². The van der Waals surface area contributed by atoms with E-state index in [1.807, 2.05) is 0 Å². The largest absolute Gasteiger partial charge is 0.508 e. The zero-order valence-corrected chi connectivity index (χ0v) is 21.7. The van der Waals surface area contributed by atoms with Gasteiger partial charge in [-0.05, 0) is 30.5 Å². The molecule has 1 aromatic rings. The Morgan fingerprint density at radius 1 is 0.588 bits per heavy atom. The van der Waals surface area contributed by atoms with Gasteiger partial charge in [-0.1, -0.05) is 122 Å². The number of carbonyl (C=O) groups excluding carboxylic acids is 2. The van der Waals surface area contributed by atoms with Gasteiger partial charge < -0.3 is 5.11 Å². The van der Waals surface area contributed by atoms with Crippen molar-refractivity contribution in [3.05, 3.63) is 29.8 Å². The summed E-state index contributed by atoms with van der Waals surface area (Å²) in [4.78, 5) is 23.7. The van der Waals surface area contributed by atoms with Gasteiger partial charge in [-0.2, -0.15) is 0 Å². The summed E-state index contributed by atoms with van der Waals surface area (Å²) in [6.45, 7) is 2.27. The number of aryl methyl sites for hydroxylation is 1. The summed E-state index contributed by atoms with van der Waals surface area (Å²) in [5.41, 5.74) is 5.96. The lowest BCUT2D eigenvalue weighted by atomic mass is 10.0. The number of unbranched alkanes of at least 4 members (excludes halogenated alkanes) is 16. The van der Waals surface area contributed by atoms with Gasteiger partial charge in [0.25, 0.3) is 0 Å². The van der Waals surface area contributed by atoms with Crippen molar-refractivity contribution >= 4 is 11.8 Å². The first-order valence-electron chi connectivity index (χ1n) is 14.0. The van der Waals surface area contributed by atoms with Crippen molar-refractivity contribution in [3.63, 3.8) is 0 Å². The Balaban J connectivity index is 1.81. The van der Waals surface area contributed by atoms with E-state index in [0.29, 0.717) is 19.3 Å². The Morgan fingerprint density at radius 3 is 1.41 bits per heavy atom. The van der Waals surface area contributed by atoms with E-state index in [1.54, 1.807) is 24.3 Å². The minimum atomic E-state index is -0.205. The van der Waals surface area contributed by atoms with Crippen LogP contribution in [0.1, 0.15) is 134 Å². The summed E-state index contributed by atoms with van der Waals surface area (Å²) in [7, 11) is 0. The molecule has 5 nitrogen and oxygen atoms in total. The lowest BCUT2D eigenvalue weighted by Crippen LogP contribution is -2.41. The number of amides is 2. The van der Waals surface area contributed by atoms with Gasteiger partial charge in [0.05, 0.1) is 0 Å². The van der Waals surface area contributed by atoms with Crippen molar-refractivity contribution in [1.82, 2.24) is 10.9 Å². The smallest absolute Gasteiger partial charge is 0.238 e. The topological polar surface area (TPSA) is 78.4 Å². The molecular formula is C29H50N2O3. The van der Waals surface area contributed by atoms with Crippen LogP contribution in [-0.2, 0) is 16.0 Å². The Hall–Kier alpha value is -2.04. The third kappa shape index (κ3) is 18.4. The molecule has 0 radical (unpaired) electrons. The van der Waals surface area contributed by atoms with Gasteiger partial charge in [0.15, 0.2) is 0 Å². The molecule has 3 N–H and O–H groups in total. The van der Waals surface area contributed by atoms with Gasteiger partial charge in [0, 0.05) is 12.8 Å². The number of hydrazine groups is 1. The van der Waals surface area contributed by atoms with E-state index in [1.165, 1.54) is 96.3 Å². The minimum Gasteiger partial charge on any atom is -0.508 e. The van der Waals surface area contributed by atoms with Crippen molar-refractivity contribution in [2.45, 2.75) is 135 Å². The number of phenols is 1. The standard InChI is InChI=1S/C29H50N2O3/c1-2-3-4-5-6-7-8-9-10-11-12-13-14-15-16-17-18-19-28(33)30-31-29(34)25-22-26-20-23-27(32)24-21-26/h20-21,23-24,32H,2-19,22,25H2,1H3,(H,30,33)(H,31,34). The fourth-order valence-corrected chi connectivity index (χ4v) is 4.20. The van der Waals surface area contributed by atoms with Crippen molar-refractivity contribution in [2.24, 2.45) is 0 Å². The average Bonchev–Trinajstić information content (AvgIpc) is 2.84. The van der Waals surface area contributed by atoms with Gasteiger partial charge in [-0.3, -0.25) is 20.4 Å². The van der Waals surface area contributed by atoms with Gasteiger partial charge in [-0.25, -0.2) is 0 Å².